The minimum absolute atomic E-state index is 0.0151. The fourth-order valence-corrected chi connectivity index (χ4v) is 6.47. The van der Waals surface area contributed by atoms with Crippen molar-refractivity contribution < 1.29 is 18.0 Å². The molecule has 0 unspecified atom stereocenters. The lowest BCUT2D eigenvalue weighted by atomic mass is 9.97. The molecule has 182 valence electrons. The van der Waals surface area contributed by atoms with Gasteiger partial charge in [0.25, 0.3) is 0 Å². The van der Waals surface area contributed by atoms with Gasteiger partial charge in [0, 0.05) is 43.3 Å². The summed E-state index contributed by atoms with van der Waals surface area (Å²) in [6.07, 6.45) is 1.60. The zero-order valence-corrected chi connectivity index (χ0v) is 21.1. The van der Waals surface area contributed by atoms with Crippen LogP contribution in [0.2, 0.25) is 0 Å². The molecule has 2 aliphatic heterocycles. The van der Waals surface area contributed by atoms with Gasteiger partial charge in [0.2, 0.25) is 21.8 Å². The van der Waals surface area contributed by atoms with Crippen LogP contribution >= 0.6 is 0 Å². The predicted octanol–water partition coefficient (Wildman–Crippen LogP) is 4.15. The Balaban J connectivity index is 1.39. The second kappa shape index (κ2) is 9.50. The summed E-state index contributed by atoms with van der Waals surface area (Å²) in [5, 5.41) is 2.97. The third kappa shape index (κ3) is 4.74. The van der Waals surface area contributed by atoms with Crippen LogP contribution in [-0.2, 0) is 26.0 Å². The van der Waals surface area contributed by atoms with Gasteiger partial charge in [-0.25, -0.2) is 8.42 Å². The highest BCUT2D eigenvalue weighted by molar-refractivity contribution is 7.89. The van der Waals surface area contributed by atoms with Gasteiger partial charge in [0.1, 0.15) is 0 Å². The number of benzene rings is 2. The summed E-state index contributed by atoms with van der Waals surface area (Å²) in [5.74, 6) is 0.0997. The molecule has 1 saturated heterocycles. The van der Waals surface area contributed by atoms with Crippen LogP contribution in [0.3, 0.4) is 0 Å². The van der Waals surface area contributed by atoms with E-state index in [0.717, 1.165) is 16.9 Å². The minimum atomic E-state index is -3.66. The maximum Gasteiger partial charge on any atom is 0.243 e. The average Bonchev–Trinajstić information content (AvgIpc) is 3.14. The van der Waals surface area contributed by atoms with E-state index in [1.165, 1.54) is 16.8 Å². The van der Waals surface area contributed by atoms with Crippen molar-refractivity contribution in [2.24, 2.45) is 5.92 Å². The number of fused-ring (bicyclic) bond motifs is 1. The highest BCUT2D eigenvalue weighted by Crippen LogP contribution is 2.35. The molecule has 0 bridgehead atoms. The van der Waals surface area contributed by atoms with Crippen LogP contribution in [0.15, 0.2) is 47.4 Å². The monoisotopic (exact) mass is 483 g/mol. The number of nitrogens with one attached hydrogen (secondary N) is 1. The Labute approximate surface area is 202 Å². The van der Waals surface area contributed by atoms with E-state index in [2.05, 4.69) is 19.2 Å². The molecule has 34 heavy (non-hydrogen) atoms. The van der Waals surface area contributed by atoms with E-state index < -0.39 is 10.0 Å². The van der Waals surface area contributed by atoms with E-state index in [-0.39, 0.29) is 28.7 Å². The second-order valence-electron chi connectivity index (χ2n) is 9.68. The predicted molar refractivity (Wildman–Crippen MR) is 133 cm³/mol. The topological polar surface area (TPSA) is 86.8 Å². The highest BCUT2D eigenvalue weighted by atomic mass is 32.2. The standard InChI is InChI=1S/C26H33N3O4S/c1-17(2)20-5-7-23(8-6-20)27-26(31)21-11-13-28(14-12-21)34(32,33)24-9-10-25-22(16-24)15-18(3)29(25)19(4)30/h5-10,16-18,21H,11-15H2,1-4H3,(H,27,31)/t18-/m1/s1. The van der Waals surface area contributed by atoms with Crippen molar-refractivity contribution in [1.82, 2.24) is 4.31 Å². The van der Waals surface area contributed by atoms with Crippen LogP contribution < -0.4 is 10.2 Å². The summed E-state index contributed by atoms with van der Waals surface area (Å²) in [6, 6.07) is 12.9. The van der Waals surface area contributed by atoms with E-state index in [4.69, 9.17) is 0 Å². The zero-order chi connectivity index (χ0) is 24.6. The van der Waals surface area contributed by atoms with Gasteiger partial charge < -0.3 is 10.2 Å². The normalized spacial score (nSPS) is 19.3. The molecule has 8 heteroatoms. The van der Waals surface area contributed by atoms with E-state index >= 15 is 0 Å². The van der Waals surface area contributed by atoms with Gasteiger partial charge in [-0.3, -0.25) is 9.59 Å². The summed E-state index contributed by atoms with van der Waals surface area (Å²) >= 11 is 0. The summed E-state index contributed by atoms with van der Waals surface area (Å²) in [6.45, 7) is 8.35. The average molecular weight is 484 g/mol. The number of hydrogen-bond donors (Lipinski definition) is 1. The third-order valence-electron chi connectivity index (χ3n) is 6.91. The molecule has 0 radical (unpaired) electrons. The Kier molecular flexibility index (Phi) is 6.82. The molecule has 2 aromatic rings. The van der Waals surface area contributed by atoms with Crippen molar-refractivity contribution in [3.8, 4) is 0 Å². The van der Waals surface area contributed by atoms with Gasteiger partial charge in [-0.15, -0.1) is 0 Å². The van der Waals surface area contributed by atoms with Crippen molar-refractivity contribution in [3.05, 3.63) is 53.6 Å². The van der Waals surface area contributed by atoms with Crippen LogP contribution in [0.4, 0.5) is 11.4 Å². The van der Waals surface area contributed by atoms with Gasteiger partial charge >= 0.3 is 0 Å². The van der Waals surface area contributed by atoms with Crippen LogP contribution in [0.5, 0.6) is 0 Å². The van der Waals surface area contributed by atoms with Crippen molar-refractivity contribution >= 4 is 33.2 Å². The number of anilines is 2. The van der Waals surface area contributed by atoms with Crippen molar-refractivity contribution in [2.75, 3.05) is 23.3 Å². The number of piperidine rings is 1. The van der Waals surface area contributed by atoms with Crippen LogP contribution in [0.25, 0.3) is 0 Å². The molecule has 0 aromatic heterocycles. The summed E-state index contributed by atoms with van der Waals surface area (Å²) in [4.78, 5) is 26.7. The third-order valence-corrected chi connectivity index (χ3v) is 8.81. The summed E-state index contributed by atoms with van der Waals surface area (Å²) in [7, 11) is -3.66. The fraction of sp³-hybridized carbons (Fsp3) is 0.462. The molecular weight excluding hydrogens is 450 g/mol. The van der Waals surface area contributed by atoms with E-state index in [1.54, 1.807) is 23.1 Å². The Bertz CT molecular complexity index is 1180. The number of amides is 2. The van der Waals surface area contributed by atoms with Crippen molar-refractivity contribution in [1.29, 1.82) is 0 Å². The number of rotatable bonds is 5. The van der Waals surface area contributed by atoms with Crippen molar-refractivity contribution in [2.45, 2.75) is 63.8 Å². The first kappa shape index (κ1) is 24.4. The van der Waals surface area contributed by atoms with Crippen LogP contribution in [0, 0.1) is 5.92 Å². The fourth-order valence-electron chi connectivity index (χ4n) is 4.95. The molecule has 2 heterocycles. The van der Waals surface area contributed by atoms with Crippen LogP contribution in [0.1, 0.15) is 57.6 Å². The molecule has 0 aliphatic carbocycles. The quantitative estimate of drug-likeness (QED) is 0.692. The lowest BCUT2D eigenvalue weighted by Crippen LogP contribution is -2.41. The molecule has 4 rings (SSSR count). The minimum Gasteiger partial charge on any atom is -0.326 e. The first-order chi connectivity index (χ1) is 16.1. The Morgan fingerprint density at radius 1 is 1.03 bits per heavy atom. The van der Waals surface area contributed by atoms with Crippen molar-refractivity contribution in [3.63, 3.8) is 0 Å². The number of carbonyl (C=O) groups excluding carboxylic acids is 2. The molecule has 2 aromatic carbocycles. The molecule has 1 fully saturated rings. The Morgan fingerprint density at radius 2 is 1.68 bits per heavy atom. The van der Waals surface area contributed by atoms with E-state index in [9.17, 15) is 18.0 Å². The molecular formula is C26H33N3O4S. The molecule has 2 aliphatic rings. The van der Waals surface area contributed by atoms with Gasteiger partial charge in [-0.1, -0.05) is 26.0 Å². The summed E-state index contributed by atoms with van der Waals surface area (Å²) < 4.78 is 28.0. The van der Waals surface area contributed by atoms with E-state index in [1.807, 2.05) is 31.2 Å². The number of sulfonamides is 1. The summed E-state index contributed by atoms with van der Waals surface area (Å²) in [5.41, 5.74) is 3.64. The molecule has 2 amide bonds. The first-order valence-electron chi connectivity index (χ1n) is 11.9. The molecule has 7 nitrogen and oxygen atoms in total. The first-order valence-corrected chi connectivity index (χ1v) is 13.4. The maximum atomic E-state index is 13.3. The largest absolute Gasteiger partial charge is 0.326 e. The van der Waals surface area contributed by atoms with Crippen LogP contribution in [-0.4, -0.2) is 43.7 Å². The van der Waals surface area contributed by atoms with Gasteiger partial charge in [-0.2, -0.15) is 4.31 Å². The molecule has 1 atom stereocenters. The second-order valence-corrected chi connectivity index (χ2v) is 11.6. The number of nitrogens with zero attached hydrogens (tertiary/aromatic N) is 2. The molecule has 1 N–H and O–H groups in total. The number of carbonyl (C=O) groups is 2. The van der Waals surface area contributed by atoms with E-state index in [0.29, 0.717) is 38.3 Å². The highest BCUT2D eigenvalue weighted by Gasteiger charge is 2.34. The van der Waals surface area contributed by atoms with Gasteiger partial charge in [0.15, 0.2) is 0 Å². The Hall–Kier alpha value is -2.71. The lowest BCUT2D eigenvalue weighted by Gasteiger charge is -2.30. The van der Waals surface area contributed by atoms with Gasteiger partial charge in [-0.05, 0) is 73.6 Å². The zero-order valence-electron chi connectivity index (χ0n) is 20.2. The molecule has 0 saturated carbocycles. The Morgan fingerprint density at radius 3 is 2.26 bits per heavy atom. The number of hydrogen-bond acceptors (Lipinski definition) is 4. The van der Waals surface area contributed by atoms with Gasteiger partial charge in [0.05, 0.1) is 4.90 Å². The molecule has 0 spiro atoms. The lowest BCUT2D eigenvalue weighted by molar-refractivity contribution is -0.121. The smallest absolute Gasteiger partial charge is 0.243 e. The SMILES string of the molecule is CC(=O)N1c2ccc(S(=O)(=O)N3CCC(C(=O)Nc4ccc(C(C)C)cc4)CC3)cc2C[C@H]1C. The maximum absolute atomic E-state index is 13.3.